The summed E-state index contributed by atoms with van der Waals surface area (Å²) in [4.78, 5) is 31.2. The number of fused-ring (bicyclic) bond motifs is 1. The molecule has 5 rings (SSSR count). The Bertz CT molecular complexity index is 1380. The third-order valence-electron chi connectivity index (χ3n) is 7.89. The van der Waals surface area contributed by atoms with E-state index in [-0.39, 0.29) is 34.8 Å². The summed E-state index contributed by atoms with van der Waals surface area (Å²) in [5.74, 6) is 2.25. The molecule has 1 aromatic heterocycles. The molecule has 0 aliphatic carbocycles. The first kappa shape index (κ1) is 28.3. The van der Waals surface area contributed by atoms with Crippen LogP contribution in [0.2, 0.25) is 0 Å². The first-order valence-corrected chi connectivity index (χ1v) is 15.2. The van der Waals surface area contributed by atoms with Crippen LogP contribution in [0.25, 0.3) is 5.69 Å². The lowest BCUT2D eigenvalue weighted by Gasteiger charge is -2.32. The van der Waals surface area contributed by atoms with Crippen molar-refractivity contribution in [3.05, 3.63) is 70.9 Å². The minimum atomic E-state index is -0.295. The smallest absolute Gasteiger partial charge is 0.242 e. The van der Waals surface area contributed by atoms with Crippen molar-refractivity contribution in [3.8, 4) is 11.4 Å². The molecule has 2 aromatic carbocycles. The fourth-order valence-corrected chi connectivity index (χ4v) is 6.75. The van der Waals surface area contributed by atoms with Gasteiger partial charge in [0.05, 0.1) is 29.5 Å². The highest BCUT2D eigenvalue weighted by Crippen LogP contribution is 2.48. The number of amides is 2. The van der Waals surface area contributed by atoms with Crippen molar-refractivity contribution in [3.63, 3.8) is 0 Å². The van der Waals surface area contributed by atoms with Gasteiger partial charge in [-0.3, -0.25) is 14.5 Å². The number of ether oxygens (including phenoxy) is 1. The number of carbonyl (C=O) groups is 2. The lowest BCUT2D eigenvalue weighted by molar-refractivity contribution is -0.132. The molecule has 8 heteroatoms. The molecule has 2 amide bonds. The van der Waals surface area contributed by atoms with Gasteiger partial charge in [0.2, 0.25) is 11.8 Å². The number of anilines is 1. The molecule has 1 unspecified atom stereocenters. The van der Waals surface area contributed by atoms with Crippen LogP contribution in [0.1, 0.15) is 68.2 Å². The second-order valence-corrected chi connectivity index (χ2v) is 13.2. The topological polar surface area (TPSA) is 67.7 Å². The van der Waals surface area contributed by atoms with E-state index in [1.54, 1.807) is 23.8 Å². The highest BCUT2D eigenvalue weighted by atomic mass is 32.2. The van der Waals surface area contributed by atoms with Gasteiger partial charge in [0.1, 0.15) is 18.1 Å². The van der Waals surface area contributed by atoms with Crippen molar-refractivity contribution >= 4 is 29.4 Å². The average molecular weight is 561 g/mol. The number of aryl methyl sites for hydroxylation is 1. The maximum Gasteiger partial charge on any atom is 0.242 e. The number of benzene rings is 2. The van der Waals surface area contributed by atoms with Crippen molar-refractivity contribution in [1.82, 2.24) is 14.7 Å². The first-order valence-electron chi connectivity index (χ1n) is 14.1. The normalized spacial score (nSPS) is 18.4. The summed E-state index contributed by atoms with van der Waals surface area (Å²) < 4.78 is 7.27. The quantitative estimate of drug-likeness (QED) is 0.388. The van der Waals surface area contributed by atoms with Gasteiger partial charge in [-0.05, 0) is 55.5 Å². The highest BCUT2D eigenvalue weighted by Gasteiger charge is 2.40. The minimum Gasteiger partial charge on any atom is -0.497 e. The third-order valence-corrected chi connectivity index (χ3v) is 9.15. The third kappa shape index (κ3) is 5.64. The average Bonchev–Trinajstić information content (AvgIpc) is 3.26. The van der Waals surface area contributed by atoms with Crippen molar-refractivity contribution < 1.29 is 14.3 Å². The van der Waals surface area contributed by atoms with Gasteiger partial charge in [-0.25, -0.2) is 4.68 Å². The molecule has 7 nitrogen and oxygen atoms in total. The van der Waals surface area contributed by atoms with E-state index >= 15 is 0 Å². The number of piperidine rings is 1. The molecular formula is C32H40N4O3S. The Morgan fingerprint density at radius 3 is 2.42 bits per heavy atom. The molecular weight excluding hydrogens is 520 g/mol. The standard InChI is InChI=1S/C32H40N4O3S/c1-21-14-16-34(17-15-21)26(37)19-35-27(38)20-40-29(23-9-7-8-22(2)18-23)28-30(32(3,4)5)33-36(31(28)35)24-10-12-25(39-6)13-11-24/h7-13,18,21,29H,14-17,19-20H2,1-6H3. The Balaban J connectivity index is 1.70. The molecule has 1 fully saturated rings. The maximum atomic E-state index is 13.9. The van der Waals surface area contributed by atoms with E-state index in [4.69, 9.17) is 9.84 Å². The molecule has 0 radical (unpaired) electrons. The fraction of sp³-hybridized carbons (Fsp3) is 0.469. The van der Waals surface area contributed by atoms with Gasteiger partial charge in [0, 0.05) is 24.1 Å². The zero-order valence-corrected chi connectivity index (χ0v) is 25.3. The van der Waals surface area contributed by atoms with Gasteiger partial charge >= 0.3 is 0 Å². The molecule has 1 saturated heterocycles. The van der Waals surface area contributed by atoms with E-state index < -0.39 is 0 Å². The van der Waals surface area contributed by atoms with Crippen LogP contribution < -0.4 is 9.64 Å². The molecule has 212 valence electrons. The van der Waals surface area contributed by atoms with Crippen LogP contribution in [0.5, 0.6) is 5.75 Å². The first-order chi connectivity index (χ1) is 19.1. The number of hydrogen-bond donors (Lipinski definition) is 0. The summed E-state index contributed by atoms with van der Waals surface area (Å²) in [5, 5.41) is 5.09. The van der Waals surface area contributed by atoms with Crippen molar-refractivity contribution in [2.24, 2.45) is 5.92 Å². The van der Waals surface area contributed by atoms with Gasteiger partial charge in [0.25, 0.3) is 0 Å². The van der Waals surface area contributed by atoms with Crippen molar-refractivity contribution in [1.29, 1.82) is 0 Å². The predicted octanol–water partition coefficient (Wildman–Crippen LogP) is 5.91. The van der Waals surface area contributed by atoms with Crippen molar-refractivity contribution in [2.75, 3.05) is 37.4 Å². The second-order valence-electron chi connectivity index (χ2n) is 12.1. The molecule has 40 heavy (non-hydrogen) atoms. The second kappa shape index (κ2) is 11.3. The molecule has 0 spiro atoms. The molecule has 3 aromatic rings. The molecule has 3 heterocycles. The van der Waals surface area contributed by atoms with Crippen LogP contribution in [0, 0.1) is 12.8 Å². The van der Waals surface area contributed by atoms with E-state index in [1.165, 1.54) is 5.56 Å². The fourth-order valence-electron chi connectivity index (χ4n) is 5.57. The van der Waals surface area contributed by atoms with E-state index in [0.717, 1.165) is 54.2 Å². The summed E-state index contributed by atoms with van der Waals surface area (Å²) in [7, 11) is 1.64. The number of carbonyl (C=O) groups excluding carboxylic acids is 2. The van der Waals surface area contributed by atoms with Crippen LogP contribution in [0.4, 0.5) is 5.82 Å². The Kier molecular flexibility index (Phi) is 8.00. The number of rotatable bonds is 5. The zero-order chi connectivity index (χ0) is 28.6. The Labute approximate surface area is 241 Å². The molecule has 2 aliphatic rings. The number of aromatic nitrogens is 2. The van der Waals surface area contributed by atoms with Gasteiger partial charge < -0.3 is 9.64 Å². The van der Waals surface area contributed by atoms with E-state index in [9.17, 15) is 9.59 Å². The Morgan fingerprint density at radius 1 is 1.10 bits per heavy atom. The summed E-state index contributed by atoms with van der Waals surface area (Å²) in [6, 6.07) is 16.2. The van der Waals surface area contributed by atoms with E-state index in [2.05, 4.69) is 58.9 Å². The molecule has 2 aliphatic heterocycles. The number of thioether (sulfide) groups is 1. The van der Waals surface area contributed by atoms with Gasteiger partial charge in [-0.1, -0.05) is 57.5 Å². The molecule has 1 atom stereocenters. The summed E-state index contributed by atoms with van der Waals surface area (Å²) in [5.41, 5.74) is 4.76. The van der Waals surface area contributed by atoms with E-state index in [1.807, 2.05) is 33.8 Å². The molecule has 0 saturated carbocycles. The van der Waals surface area contributed by atoms with Crippen molar-refractivity contribution in [2.45, 2.75) is 58.1 Å². The number of nitrogens with zero attached hydrogens (tertiary/aromatic N) is 4. The van der Waals surface area contributed by atoms with Crippen LogP contribution in [0.3, 0.4) is 0 Å². The van der Waals surface area contributed by atoms with Crippen LogP contribution in [0.15, 0.2) is 48.5 Å². The number of methoxy groups -OCH3 is 1. The zero-order valence-electron chi connectivity index (χ0n) is 24.4. The predicted molar refractivity (Wildman–Crippen MR) is 162 cm³/mol. The van der Waals surface area contributed by atoms with Gasteiger partial charge in [0.15, 0.2) is 0 Å². The number of likely N-dealkylation sites (tertiary alicyclic amines) is 1. The summed E-state index contributed by atoms with van der Waals surface area (Å²) in [6.45, 7) is 12.3. The minimum absolute atomic E-state index is 0.00669. The van der Waals surface area contributed by atoms with Gasteiger partial charge in [-0.2, -0.15) is 5.10 Å². The van der Waals surface area contributed by atoms with Crippen LogP contribution in [-0.2, 0) is 15.0 Å². The lowest BCUT2D eigenvalue weighted by Crippen LogP contribution is -2.46. The Hall–Kier alpha value is -3.26. The maximum absolute atomic E-state index is 13.9. The van der Waals surface area contributed by atoms with Crippen LogP contribution >= 0.6 is 11.8 Å². The van der Waals surface area contributed by atoms with E-state index in [0.29, 0.717) is 11.7 Å². The number of hydrogen-bond acceptors (Lipinski definition) is 5. The molecule has 0 bridgehead atoms. The monoisotopic (exact) mass is 560 g/mol. The SMILES string of the molecule is COc1ccc(-n2nc(C(C)(C)C)c3c2N(CC(=O)N2CCC(C)CC2)C(=O)CSC3c2cccc(C)c2)cc1. The largest absolute Gasteiger partial charge is 0.497 e. The highest BCUT2D eigenvalue weighted by molar-refractivity contribution is 8.00. The summed E-state index contributed by atoms with van der Waals surface area (Å²) in [6.07, 6.45) is 1.99. The Morgan fingerprint density at radius 2 is 1.80 bits per heavy atom. The molecule has 0 N–H and O–H groups in total. The lowest BCUT2D eigenvalue weighted by atomic mass is 9.87. The summed E-state index contributed by atoms with van der Waals surface area (Å²) >= 11 is 1.62. The van der Waals surface area contributed by atoms with Gasteiger partial charge in [-0.15, -0.1) is 11.8 Å². The van der Waals surface area contributed by atoms with Crippen LogP contribution in [-0.4, -0.2) is 59.0 Å².